The number of halogens is 1. The Hall–Kier alpha value is -3.29. The van der Waals surface area contributed by atoms with E-state index in [1.54, 1.807) is 43.9 Å². The molecule has 7 nitrogen and oxygen atoms in total. The monoisotopic (exact) mass is 441 g/mol. The summed E-state index contributed by atoms with van der Waals surface area (Å²) in [6, 6.07) is 8.00. The van der Waals surface area contributed by atoms with Crippen molar-refractivity contribution in [1.29, 1.82) is 0 Å². The number of carbonyl (C=O) groups excluding carboxylic acids is 3. The Morgan fingerprint density at radius 1 is 1.16 bits per heavy atom. The molecule has 0 atom stereocenters. The van der Waals surface area contributed by atoms with E-state index in [1.165, 1.54) is 12.1 Å². The van der Waals surface area contributed by atoms with E-state index < -0.39 is 5.97 Å². The van der Waals surface area contributed by atoms with E-state index in [4.69, 9.17) is 4.74 Å². The van der Waals surface area contributed by atoms with Gasteiger partial charge in [-0.3, -0.25) is 9.59 Å². The summed E-state index contributed by atoms with van der Waals surface area (Å²) >= 11 is 0. The van der Waals surface area contributed by atoms with E-state index in [1.807, 2.05) is 0 Å². The van der Waals surface area contributed by atoms with Crippen LogP contribution in [0.3, 0.4) is 0 Å². The third-order valence-corrected chi connectivity index (χ3v) is 5.66. The molecule has 170 valence electrons. The van der Waals surface area contributed by atoms with Crippen LogP contribution in [0.15, 0.2) is 30.3 Å². The average molecular weight is 442 g/mol. The van der Waals surface area contributed by atoms with Crippen molar-refractivity contribution in [1.82, 2.24) is 15.2 Å². The lowest BCUT2D eigenvalue weighted by atomic mass is 9.95. The van der Waals surface area contributed by atoms with Crippen LogP contribution in [0.5, 0.6) is 0 Å². The molecular weight excluding hydrogens is 413 g/mol. The molecule has 0 saturated carbocycles. The molecule has 2 heterocycles. The number of rotatable bonds is 6. The number of nitrogens with zero attached hydrogens (tertiary/aromatic N) is 2. The third-order valence-electron chi connectivity index (χ3n) is 5.66. The maximum Gasteiger partial charge on any atom is 0.339 e. The molecular formula is C24H28FN3O4. The van der Waals surface area contributed by atoms with E-state index in [2.05, 4.69) is 10.3 Å². The molecule has 2 aromatic rings. The van der Waals surface area contributed by atoms with Gasteiger partial charge in [0.15, 0.2) is 0 Å². The number of likely N-dealkylation sites (tertiary alicyclic amines) is 1. The van der Waals surface area contributed by atoms with Gasteiger partial charge >= 0.3 is 5.97 Å². The fraction of sp³-hybridized carbons (Fsp3) is 0.417. The van der Waals surface area contributed by atoms with E-state index in [-0.39, 0.29) is 42.4 Å². The average Bonchev–Trinajstić information content (AvgIpc) is 2.79. The van der Waals surface area contributed by atoms with Crippen LogP contribution in [0.4, 0.5) is 4.39 Å². The Morgan fingerprint density at radius 3 is 2.50 bits per heavy atom. The van der Waals surface area contributed by atoms with Crippen molar-refractivity contribution in [2.24, 2.45) is 5.92 Å². The number of carbonyl (C=O) groups is 3. The van der Waals surface area contributed by atoms with Crippen molar-refractivity contribution < 1.29 is 23.5 Å². The fourth-order valence-electron chi connectivity index (χ4n) is 3.69. The number of amides is 2. The first kappa shape index (κ1) is 23.4. The Labute approximate surface area is 187 Å². The second kappa shape index (κ2) is 10.3. The normalized spacial score (nSPS) is 14.2. The maximum atomic E-state index is 13.7. The number of pyridine rings is 1. The summed E-state index contributed by atoms with van der Waals surface area (Å²) in [5, 5.41) is 2.86. The summed E-state index contributed by atoms with van der Waals surface area (Å²) in [5.41, 5.74) is 2.32. The molecule has 1 aromatic carbocycles. The number of benzene rings is 1. The smallest absolute Gasteiger partial charge is 0.339 e. The van der Waals surface area contributed by atoms with Gasteiger partial charge in [-0.1, -0.05) is 12.1 Å². The highest BCUT2D eigenvalue weighted by atomic mass is 19.1. The van der Waals surface area contributed by atoms with Crippen LogP contribution in [0, 0.1) is 25.6 Å². The predicted octanol–water partition coefficient (Wildman–Crippen LogP) is 3.18. The number of nitrogens with one attached hydrogen (secondary N) is 1. The maximum absolute atomic E-state index is 13.7. The highest BCUT2D eigenvalue weighted by Gasteiger charge is 2.28. The number of aryl methyl sites for hydroxylation is 2. The van der Waals surface area contributed by atoms with E-state index in [0.29, 0.717) is 48.3 Å². The predicted molar refractivity (Wildman–Crippen MR) is 117 cm³/mol. The van der Waals surface area contributed by atoms with Gasteiger partial charge in [0, 0.05) is 25.6 Å². The van der Waals surface area contributed by atoms with Gasteiger partial charge in [0.05, 0.1) is 17.9 Å². The van der Waals surface area contributed by atoms with Crippen LogP contribution in [-0.4, -0.2) is 47.4 Å². The minimum atomic E-state index is -0.461. The standard InChI is InChI=1S/C24H28FN3O4/c1-4-32-24(31)19-7-8-21(27-16(19)3)23(30)28-11-9-18(10-12-28)22(29)26-14-17-6-5-15(2)20(25)13-17/h5-8,13,18H,4,9-12,14H2,1-3H3,(H,26,29). The number of hydrogen-bond acceptors (Lipinski definition) is 5. The summed E-state index contributed by atoms with van der Waals surface area (Å²) in [6.45, 7) is 6.50. The molecule has 32 heavy (non-hydrogen) atoms. The Morgan fingerprint density at radius 2 is 1.88 bits per heavy atom. The topological polar surface area (TPSA) is 88.6 Å². The van der Waals surface area contributed by atoms with Crippen molar-refractivity contribution in [3.05, 3.63) is 64.2 Å². The van der Waals surface area contributed by atoms with E-state index in [9.17, 15) is 18.8 Å². The molecule has 1 N–H and O–H groups in total. The van der Waals surface area contributed by atoms with Gasteiger partial charge in [-0.2, -0.15) is 0 Å². The van der Waals surface area contributed by atoms with Gasteiger partial charge in [0.2, 0.25) is 5.91 Å². The SMILES string of the molecule is CCOC(=O)c1ccc(C(=O)N2CCC(C(=O)NCc3ccc(C)c(F)c3)CC2)nc1C. The summed E-state index contributed by atoms with van der Waals surface area (Å²) in [6.07, 6.45) is 1.08. The Bertz CT molecular complexity index is 1020. The first-order chi connectivity index (χ1) is 15.3. The minimum absolute atomic E-state index is 0.0918. The first-order valence-electron chi connectivity index (χ1n) is 10.8. The number of esters is 1. The van der Waals surface area contributed by atoms with Gasteiger partial charge in [0.25, 0.3) is 5.91 Å². The molecule has 8 heteroatoms. The van der Waals surface area contributed by atoms with Crippen molar-refractivity contribution in [3.63, 3.8) is 0 Å². The lowest BCUT2D eigenvalue weighted by Crippen LogP contribution is -2.43. The number of aromatic nitrogens is 1. The molecule has 1 aliphatic rings. The molecule has 0 aliphatic carbocycles. The highest BCUT2D eigenvalue weighted by molar-refractivity contribution is 5.95. The molecule has 2 amide bonds. The second-order valence-electron chi connectivity index (χ2n) is 7.92. The zero-order valence-corrected chi connectivity index (χ0v) is 18.6. The van der Waals surface area contributed by atoms with E-state index in [0.717, 1.165) is 0 Å². The zero-order chi connectivity index (χ0) is 23.3. The summed E-state index contributed by atoms with van der Waals surface area (Å²) in [4.78, 5) is 43.2. The minimum Gasteiger partial charge on any atom is -0.462 e. The van der Waals surface area contributed by atoms with Crippen LogP contribution in [0.25, 0.3) is 0 Å². The van der Waals surface area contributed by atoms with Gasteiger partial charge in [0.1, 0.15) is 11.5 Å². The molecule has 0 bridgehead atoms. The molecule has 0 radical (unpaired) electrons. The summed E-state index contributed by atoms with van der Waals surface area (Å²) in [7, 11) is 0. The van der Waals surface area contributed by atoms with Crippen molar-refractivity contribution in [2.45, 2.75) is 40.2 Å². The number of hydrogen-bond donors (Lipinski definition) is 1. The lowest BCUT2D eigenvalue weighted by molar-refractivity contribution is -0.126. The molecule has 1 fully saturated rings. The summed E-state index contributed by atoms with van der Waals surface area (Å²) in [5.74, 6) is -1.27. The molecule has 1 saturated heterocycles. The van der Waals surface area contributed by atoms with Crippen LogP contribution in [-0.2, 0) is 16.1 Å². The Kier molecular flexibility index (Phi) is 7.56. The van der Waals surface area contributed by atoms with Crippen molar-refractivity contribution >= 4 is 17.8 Å². The van der Waals surface area contributed by atoms with Gasteiger partial charge in [-0.25, -0.2) is 14.2 Å². The third kappa shape index (κ3) is 5.49. The van der Waals surface area contributed by atoms with Crippen molar-refractivity contribution in [2.75, 3.05) is 19.7 Å². The van der Waals surface area contributed by atoms with Crippen LogP contribution >= 0.6 is 0 Å². The molecule has 1 aliphatic heterocycles. The Balaban J connectivity index is 1.52. The van der Waals surface area contributed by atoms with Crippen LogP contribution in [0.1, 0.15) is 57.4 Å². The molecule has 3 rings (SSSR count). The molecule has 0 spiro atoms. The number of piperidine rings is 1. The van der Waals surface area contributed by atoms with Crippen molar-refractivity contribution in [3.8, 4) is 0 Å². The quantitative estimate of drug-likeness (QED) is 0.696. The summed E-state index contributed by atoms with van der Waals surface area (Å²) < 4.78 is 18.6. The largest absolute Gasteiger partial charge is 0.462 e. The fourth-order valence-corrected chi connectivity index (χ4v) is 3.69. The molecule has 1 aromatic heterocycles. The highest BCUT2D eigenvalue weighted by Crippen LogP contribution is 2.20. The number of ether oxygens (including phenoxy) is 1. The van der Waals surface area contributed by atoms with Gasteiger partial charge in [-0.05, 0) is 62.9 Å². The van der Waals surface area contributed by atoms with E-state index >= 15 is 0 Å². The lowest BCUT2D eigenvalue weighted by Gasteiger charge is -2.31. The second-order valence-corrected chi connectivity index (χ2v) is 7.92. The van der Waals surface area contributed by atoms with Gasteiger partial charge in [-0.15, -0.1) is 0 Å². The zero-order valence-electron chi connectivity index (χ0n) is 18.6. The molecule has 0 unspecified atom stereocenters. The van der Waals surface area contributed by atoms with Crippen LogP contribution < -0.4 is 5.32 Å². The van der Waals surface area contributed by atoms with Crippen LogP contribution in [0.2, 0.25) is 0 Å². The van der Waals surface area contributed by atoms with Gasteiger partial charge < -0.3 is 15.0 Å². The first-order valence-corrected chi connectivity index (χ1v) is 10.8.